The Kier molecular flexibility index (Phi) is 6.27. The molecule has 0 rings (SSSR count). The molecule has 0 amide bonds. The van der Waals surface area contributed by atoms with Crippen molar-refractivity contribution in [1.29, 1.82) is 0 Å². The van der Waals surface area contributed by atoms with Gasteiger partial charge in [0.2, 0.25) is 0 Å². The lowest BCUT2D eigenvalue weighted by molar-refractivity contribution is -0.139. The molecule has 4 nitrogen and oxygen atoms in total. The van der Waals surface area contributed by atoms with Gasteiger partial charge < -0.3 is 19.7 Å². The molecule has 0 radical (unpaired) electrons. The van der Waals surface area contributed by atoms with Crippen LogP contribution in [0.25, 0.3) is 0 Å². The van der Waals surface area contributed by atoms with E-state index < -0.39 is 24.4 Å². The van der Waals surface area contributed by atoms with Crippen LogP contribution in [0.15, 0.2) is 0 Å². The molecule has 4 atom stereocenters. The molecule has 0 aromatic carbocycles. The number of aliphatic hydroxyl groups is 2. The molecule has 86 valence electrons. The normalized spacial score (nSPS) is 20.6. The average molecular weight is 206 g/mol. The number of aliphatic hydroxyl groups excluding tert-OH is 2. The second-order valence-electron chi connectivity index (χ2n) is 3.88. The van der Waals surface area contributed by atoms with Crippen LogP contribution in [-0.4, -0.2) is 48.8 Å². The third-order valence-corrected chi connectivity index (χ3v) is 2.36. The van der Waals surface area contributed by atoms with Crippen molar-refractivity contribution < 1.29 is 19.7 Å². The van der Waals surface area contributed by atoms with E-state index in [-0.39, 0.29) is 5.92 Å². The fourth-order valence-electron chi connectivity index (χ4n) is 1.45. The molecule has 0 aromatic heterocycles. The second kappa shape index (κ2) is 6.35. The summed E-state index contributed by atoms with van der Waals surface area (Å²) < 4.78 is 10.3. The molecule has 0 aromatic rings. The maximum atomic E-state index is 9.82. The van der Waals surface area contributed by atoms with E-state index >= 15 is 0 Å². The van der Waals surface area contributed by atoms with Gasteiger partial charge in [0.25, 0.3) is 0 Å². The fourth-order valence-corrected chi connectivity index (χ4v) is 1.45. The first-order valence-corrected chi connectivity index (χ1v) is 4.87. The van der Waals surface area contributed by atoms with Crippen molar-refractivity contribution >= 4 is 0 Å². The summed E-state index contributed by atoms with van der Waals surface area (Å²) in [6.07, 6.45) is -2.31. The Morgan fingerprint density at radius 2 is 1.29 bits per heavy atom. The first kappa shape index (κ1) is 13.8. The number of methoxy groups -OCH3 is 2. The van der Waals surface area contributed by atoms with Crippen molar-refractivity contribution in [1.82, 2.24) is 0 Å². The molecular weight excluding hydrogens is 184 g/mol. The molecule has 0 fully saturated rings. The van der Waals surface area contributed by atoms with Gasteiger partial charge in [-0.2, -0.15) is 0 Å². The van der Waals surface area contributed by atoms with Crippen molar-refractivity contribution in [3.63, 3.8) is 0 Å². The Hall–Kier alpha value is -0.160. The molecule has 0 aliphatic carbocycles. The van der Waals surface area contributed by atoms with E-state index in [1.807, 2.05) is 13.8 Å². The summed E-state index contributed by atoms with van der Waals surface area (Å²) in [4.78, 5) is 0. The van der Waals surface area contributed by atoms with Crippen molar-refractivity contribution in [2.24, 2.45) is 5.92 Å². The van der Waals surface area contributed by atoms with Gasteiger partial charge in [0.1, 0.15) is 12.2 Å². The topological polar surface area (TPSA) is 58.9 Å². The standard InChI is InChI=1S/C10H22O4/c1-6(2)8(12)10(14-5)9(13-4)7(3)11/h6-12H,1-5H3. The average Bonchev–Trinajstić information content (AvgIpc) is 2.11. The SMILES string of the molecule is COC(C(C)O)C(OC)C(O)C(C)C. The van der Waals surface area contributed by atoms with Crippen LogP contribution in [0.4, 0.5) is 0 Å². The second-order valence-corrected chi connectivity index (χ2v) is 3.88. The van der Waals surface area contributed by atoms with Gasteiger partial charge in [-0.3, -0.25) is 0 Å². The summed E-state index contributed by atoms with van der Waals surface area (Å²) in [5.41, 5.74) is 0. The van der Waals surface area contributed by atoms with E-state index in [0.29, 0.717) is 0 Å². The predicted molar refractivity (Wildman–Crippen MR) is 54.1 cm³/mol. The van der Waals surface area contributed by atoms with Crippen LogP contribution in [0, 0.1) is 5.92 Å². The summed E-state index contributed by atoms with van der Waals surface area (Å²) in [5.74, 6) is 0.0661. The Morgan fingerprint density at radius 1 is 0.857 bits per heavy atom. The van der Waals surface area contributed by atoms with Crippen LogP contribution in [0.2, 0.25) is 0 Å². The molecule has 4 heteroatoms. The molecular formula is C10H22O4. The summed E-state index contributed by atoms with van der Waals surface area (Å²) in [5, 5.41) is 19.2. The summed E-state index contributed by atoms with van der Waals surface area (Å²) in [7, 11) is 3.00. The van der Waals surface area contributed by atoms with Gasteiger partial charge in [0.05, 0.1) is 12.2 Å². The molecule has 0 saturated heterocycles. The van der Waals surface area contributed by atoms with Crippen molar-refractivity contribution in [2.75, 3.05) is 14.2 Å². The molecule has 2 N–H and O–H groups in total. The lowest BCUT2D eigenvalue weighted by atomic mass is 9.95. The molecule has 14 heavy (non-hydrogen) atoms. The molecule has 0 bridgehead atoms. The van der Waals surface area contributed by atoms with E-state index in [0.717, 1.165) is 0 Å². The smallest absolute Gasteiger partial charge is 0.112 e. The Bertz CT molecular complexity index is 147. The lowest BCUT2D eigenvalue weighted by Crippen LogP contribution is -2.47. The van der Waals surface area contributed by atoms with Gasteiger partial charge in [-0.05, 0) is 12.8 Å². The van der Waals surface area contributed by atoms with E-state index in [1.54, 1.807) is 6.92 Å². The molecule has 0 heterocycles. The largest absolute Gasteiger partial charge is 0.391 e. The van der Waals surface area contributed by atoms with Crippen LogP contribution < -0.4 is 0 Å². The van der Waals surface area contributed by atoms with Gasteiger partial charge in [-0.1, -0.05) is 13.8 Å². The molecule has 0 aliphatic rings. The van der Waals surface area contributed by atoms with Crippen LogP contribution in [0.5, 0.6) is 0 Å². The molecule has 0 spiro atoms. The lowest BCUT2D eigenvalue weighted by Gasteiger charge is -2.32. The van der Waals surface area contributed by atoms with E-state index in [9.17, 15) is 10.2 Å². The third kappa shape index (κ3) is 3.53. The third-order valence-electron chi connectivity index (χ3n) is 2.36. The highest BCUT2D eigenvalue weighted by atomic mass is 16.5. The number of rotatable bonds is 6. The fraction of sp³-hybridized carbons (Fsp3) is 1.00. The van der Waals surface area contributed by atoms with Gasteiger partial charge in [-0.25, -0.2) is 0 Å². The van der Waals surface area contributed by atoms with Crippen LogP contribution >= 0.6 is 0 Å². The highest BCUT2D eigenvalue weighted by Gasteiger charge is 2.33. The van der Waals surface area contributed by atoms with Gasteiger partial charge >= 0.3 is 0 Å². The zero-order valence-corrected chi connectivity index (χ0v) is 9.60. The predicted octanol–water partition coefficient (Wildman–Crippen LogP) is 0.414. The Labute approximate surface area is 85.8 Å². The van der Waals surface area contributed by atoms with Gasteiger partial charge in [0, 0.05) is 14.2 Å². The summed E-state index contributed by atoms with van der Waals surface area (Å²) in [6.45, 7) is 5.41. The first-order chi connectivity index (χ1) is 6.45. The number of ether oxygens (including phenoxy) is 2. The molecule has 0 aliphatic heterocycles. The Morgan fingerprint density at radius 3 is 1.50 bits per heavy atom. The highest BCUT2D eigenvalue weighted by Crippen LogP contribution is 2.16. The zero-order valence-electron chi connectivity index (χ0n) is 9.60. The van der Waals surface area contributed by atoms with E-state index in [1.165, 1.54) is 14.2 Å². The summed E-state index contributed by atoms with van der Waals surface area (Å²) >= 11 is 0. The maximum absolute atomic E-state index is 9.82. The minimum absolute atomic E-state index is 0.0661. The van der Waals surface area contributed by atoms with Crippen molar-refractivity contribution in [3.05, 3.63) is 0 Å². The minimum Gasteiger partial charge on any atom is -0.391 e. The van der Waals surface area contributed by atoms with Gasteiger partial charge in [-0.15, -0.1) is 0 Å². The van der Waals surface area contributed by atoms with Crippen LogP contribution in [0.1, 0.15) is 20.8 Å². The monoisotopic (exact) mass is 206 g/mol. The highest BCUT2D eigenvalue weighted by molar-refractivity contribution is 4.83. The van der Waals surface area contributed by atoms with E-state index in [2.05, 4.69) is 0 Å². The number of hydrogen-bond donors (Lipinski definition) is 2. The number of hydrogen-bond acceptors (Lipinski definition) is 4. The van der Waals surface area contributed by atoms with Crippen molar-refractivity contribution in [2.45, 2.75) is 45.2 Å². The molecule has 0 saturated carbocycles. The first-order valence-electron chi connectivity index (χ1n) is 4.87. The molecule has 4 unspecified atom stereocenters. The van der Waals surface area contributed by atoms with Crippen LogP contribution in [0.3, 0.4) is 0 Å². The Balaban J connectivity index is 4.50. The van der Waals surface area contributed by atoms with E-state index in [4.69, 9.17) is 9.47 Å². The zero-order chi connectivity index (χ0) is 11.3. The minimum atomic E-state index is -0.668. The van der Waals surface area contributed by atoms with Gasteiger partial charge in [0.15, 0.2) is 0 Å². The maximum Gasteiger partial charge on any atom is 0.112 e. The quantitative estimate of drug-likeness (QED) is 0.661. The van der Waals surface area contributed by atoms with Crippen molar-refractivity contribution in [3.8, 4) is 0 Å². The summed E-state index contributed by atoms with van der Waals surface area (Å²) in [6, 6.07) is 0. The van der Waals surface area contributed by atoms with Crippen LogP contribution in [-0.2, 0) is 9.47 Å².